The van der Waals surface area contributed by atoms with E-state index in [4.69, 9.17) is 9.16 Å². The highest BCUT2D eigenvalue weighted by Gasteiger charge is 2.15. The van der Waals surface area contributed by atoms with Crippen LogP contribution < -0.4 is 4.74 Å². The SMILES string of the molecule is C[Si](C)(C)OCOc1c2ccccc2cc2ccccc12. The fourth-order valence-electron chi connectivity index (χ4n) is 2.39. The first kappa shape index (κ1) is 14.1. The van der Waals surface area contributed by atoms with Crippen LogP contribution in [0.1, 0.15) is 0 Å². The van der Waals surface area contributed by atoms with Gasteiger partial charge in [-0.2, -0.15) is 0 Å². The maximum Gasteiger partial charge on any atom is 0.188 e. The molecule has 0 unspecified atom stereocenters. The second-order valence-electron chi connectivity index (χ2n) is 6.17. The van der Waals surface area contributed by atoms with Crippen LogP contribution >= 0.6 is 0 Å². The summed E-state index contributed by atoms with van der Waals surface area (Å²) in [6, 6.07) is 18.8. The summed E-state index contributed by atoms with van der Waals surface area (Å²) < 4.78 is 11.9. The summed E-state index contributed by atoms with van der Waals surface area (Å²) in [4.78, 5) is 0. The first-order valence-electron chi connectivity index (χ1n) is 7.22. The zero-order valence-electron chi connectivity index (χ0n) is 12.7. The van der Waals surface area contributed by atoms with Gasteiger partial charge in [0.2, 0.25) is 0 Å². The zero-order valence-corrected chi connectivity index (χ0v) is 13.7. The molecule has 3 heteroatoms. The minimum Gasteiger partial charge on any atom is -0.467 e. The maximum absolute atomic E-state index is 6.02. The number of benzene rings is 3. The molecule has 0 aromatic heterocycles. The Morgan fingerprint density at radius 2 is 1.33 bits per heavy atom. The molecular weight excluding hydrogens is 276 g/mol. The molecule has 3 rings (SSSR count). The Morgan fingerprint density at radius 1 is 0.810 bits per heavy atom. The normalized spacial score (nSPS) is 12.0. The summed E-state index contributed by atoms with van der Waals surface area (Å²) >= 11 is 0. The highest BCUT2D eigenvalue weighted by molar-refractivity contribution is 6.69. The summed E-state index contributed by atoms with van der Waals surface area (Å²) in [5.74, 6) is 0.918. The minimum atomic E-state index is -1.57. The van der Waals surface area contributed by atoms with E-state index >= 15 is 0 Å². The van der Waals surface area contributed by atoms with Gasteiger partial charge in [-0.15, -0.1) is 0 Å². The minimum absolute atomic E-state index is 0.313. The second kappa shape index (κ2) is 5.51. The van der Waals surface area contributed by atoms with Crippen LogP contribution in [0.3, 0.4) is 0 Å². The predicted octanol–water partition coefficient (Wildman–Crippen LogP) is 5.18. The molecule has 0 fully saturated rings. The summed E-state index contributed by atoms with van der Waals surface area (Å²) in [5, 5.41) is 4.66. The van der Waals surface area contributed by atoms with Crippen LogP contribution in [0.2, 0.25) is 19.6 Å². The lowest BCUT2D eigenvalue weighted by Crippen LogP contribution is -2.27. The first-order valence-corrected chi connectivity index (χ1v) is 10.6. The third-order valence-corrected chi connectivity index (χ3v) is 4.40. The molecule has 0 N–H and O–H groups in total. The van der Waals surface area contributed by atoms with Gasteiger partial charge in [-0.3, -0.25) is 0 Å². The smallest absolute Gasteiger partial charge is 0.188 e. The molecule has 2 nitrogen and oxygen atoms in total. The van der Waals surface area contributed by atoms with Gasteiger partial charge in [0.1, 0.15) is 5.75 Å². The van der Waals surface area contributed by atoms with Gasteiger partial charge < -0.3 is 9.16 Å². The Kier molecular flexibility index (Phi) is 3.70. The molecule has 0 saturated heterocycles. The summed E-state index contributed by atoms with van der Waals surface area (Å²) in [7, 11) is -1.57. The molecule has 0 atom stereocenters. The molecule has 3 aromatic rings. The summed E-state index contributed by atoms with van der Waals surface area (Å²) in [6.45, 7) is 6.81. The summed E-state index contributed by atoms with van der Waals surface area (Å²) in [6.07, 6.45) is 0. The van der Waals surface area contributed by atoms with Crippen molar-refractivity contribution in [3.8, 4) is 5.75 Å². The van der Waals surface area contributed by atoms with Gasteiger partial charge in [-0.1, -0.05) is 48.5 Å². The van der Waals surface area contributed by atoms with Crippen molar-refractivity contribution in [1.82, 2.24) is 0 Å². The van der Waals surface area contributed by atoms with Crippen LogP contribution in [0.25, 0.3) is 21.5 Å². The van der Waals surface area contributed by atoms with E-state index < -0.39 is 8.32 Å². The van der Waals surface area contributed by atoms with E-state index in [-0.39, 0.29) is 0 Å². The Bertz CT molecular complexity index is 721. The standard InChI is InChI=1S/C18H20O2Si/c1-21(2,3)20-13-19-18-16-10-6-4-8-14(16)12-15-9-5-7-11-17(15)18/h4-12H,13H2,1-3H3. The van der Waals surface area contributed by atoms with E-state index in [1.165, 1.54) is 10.8 Å². The number of ether oxygens (including phenoxy) is 1. The average Bonchev–Trinajstić information content (AvgIpc) is 2.45. The fraction of sp³-hybridized carbons (Fsp3) is 0.222. The van der Waals surface area contributed by atoms with E-state index in [0.29, 0.717) is 6.79 Å². The molecule has 108 valence electrons. The Balaban J connectivity index is 2.07. The molecule has 0 aliphatic rings. The maximum atomic E-state index is 6.02. The lowest BCUT2D eigenvalue weighted by Gasteiger charge is -2.19. The number of rotatable bonds is 4. The third-order valence-electron chi connectivity index (χ3n) is 3.42. The fourth-order valence-corrected chi connectivity index (χ4v) is 2.81. The van der Waals surface area contributed by atoms with Gasteiger partial charge in [0.25, 0.3) is 0 Å². The molecule has 3 aromatic carbocycles. The topological polar surface area (TPSA) is 18.5 Å². The lowest BCUT2D eigenvalue weighted by molar-refractivity contribution is 0.117. The van der Waals surface area contributed by atoms with Gasteiger partial charge in [-0.25, -0.2) is 0 Å². The predicted molar refractivity (Wildman–Crippen MR) is 91.4 cm³/mol. The van der Waals surface area contributed by atoms with Crippen LogP contribution in [0.5, 0.6) is 5.75 Å². The quantitative estimate of drug-likeness (QED) is 0.375. The highest BCUT2D eigenvalue weighted by atomic mass is 28.4. The monoisotopic (exact) mass is 296 g/mol. The van der Waals surface area contributed by atoms with E-state index in [1.54, 1.807) is 0 Å². The summed E-state index contributed by atoms with van der Waals surface area (Å²) in [5.41, 5.74) is 0. The van der Waals surface area contributed by atoms with Gasteiger partial charge in [0, 0.05) is 10.8 Å². The molecule has 0 aliphatic carbocycles. The number of hydrogen-bond acceptors (Lipinski definition) is 2. The highest BCUT2D eigenvalue weighted by Crippen LogP contribution is 2.34. The van der Waals surface area contributed by atoms with Crippen LogP contribution in [0.4, 0.5) is 0 Å². The second-order valence-corrected chi connectivity index (χ2v) is 10.7. The van der Waals surface area contributed by atoms with Crippen molar-refractivity contribution in [3.05, 3.63) is 54.6 Å². The largest absolute Gasteiger partial charge is 0.467 e. The van der Waals surface area contributed by atoms with Crippen molar-refractivity contribution in [2.75, 3.05) is 6.79 Å². The van der Waals surface area contributed by atoms with Gasteiger partial charge >= 0.3 is 0 Å². The van der Waals surface area contributed by atoms with Crippen molar-refractivity contribution in [2.45, 2.75) is 19.6 Å². The third kappa shape index (κ3) is 3.09. The van der Waals surface area contributed by atoms with Crippen LogP contribution in [0.15, 0.2) is 54.6 Å². The van der Waals surface area contributed by atoms with Crippen molar-refractivity contribution >= 4 is 29.9 Å². The number of hydrogen-bond donors (Lipinski definition) is 0. The average molecular weight is 296 g/mol. The van der Waals surface area contributed by atoms with Crippen molar-refractivity contribution in [2.24, 2.45) is 0 Å². The van der Waals surface area contributed by atoms with Gasteiger partial charge in [-0.05, 0) is 36.5 Å². The molecule has 0 spiro atoms. The number of fused-ring (bicyclic) bond motifs is 2. The van der Waals surface area contributed by atoms with E-state index in [1.807, 2.05) is 12.1 Å². The Hall–Kier alpha value is -1.84. The van der Waals surface area contributed by atoms with Crippen LogP contribution in [-0.2, 0) is 4.43 Å². The lowest BCUT2D eigenvalue weighted by atomic mass is 10.0. The Morgan fingerprint density at radius 3 is 1.86 bits per heavy atom. The molecular formula is C18H20O2Si. The van der Waals surface area contributed by atoms with Gasteiger partial charge in [0.15, 0.2) is 15.1 Å². The molecule has 0 amide bonds. The van der Waals surface area contributed by atoms with E-state index in [0.717, 1.165) is 16.5 Å². The first-order chi connectivity index (χ1) is 10.0. The zero-order chi connectivity index (χ0) is 14.9. The van der Waals surface area contributed by atoms with E-state index in [9.17, 15) is 0 Å². The van der Waals surface area contributed by atoms with Crippen LogP contribution in [-0.4, -0.2) is 15.1 Å². The van der Waals surface area contributed by atoms with E-state index in [2.05, 4.69) is 62.1 Å². The molecule has 0 radical (unpaired) electrons. The van der Waals surface area contributed by atoms with Crippen molar-refractivity contribution in [1.29, 1.82) is 0 Å². The molecule has 0 aliphatic heterocycles. The molecule has 0 bridgehead atoms. The van der Waals surface area contributed by atoms with Crippen molar-refractivity contribution < 1.29 is 9.16 Å². The Labute approximate surface area is 126 Å². The van der Waals surface area contributed by atoms with Crippen molar-refractivity contribution in [3.63, 3.8) is 0 Å². The van der Waals surface area contributed by atoms with Gasteiger partial charge in [0.05, 0.1) is 0 Å². The molecule has 0 heterocycles. The molecule has 0 saturated carbocycles. The van der Waals surface area contributed by atoms with Crippen LogP contribution in [0, 0.1) is 0 Å². The molecule has 21 heavy (non-hydrogen) atoms.